The predicted octanol–water partition coefficient (Wildman–Crippen LogP) is 6.01. The van der Waals surface area contributed by atoms with Crippen LogP contribution in [0.4, 0.5) is 5.69 Å². The van der Waals surface area contributed by atoms with E-state index in [0.29, 0.717) is 22.3 Å². The summed E-state index contributed by atoms with van der Waals surface area (Å²) in [5.74, 6) is -0.118. The standard InChI is InChI=1S/C23H15Cl2N3O/c24-15-10-12-17(13-11-15)28-22(18-8-4-5-9-20(18)25)19-14-27(23(29)21(19)26-28)16-6-2-1-3-7-16/h1-13H,14H2. The summed E-state index contributed by atoms with van der Waals surface area (Å²) in [5, 5.41) is 5.93. The monoisotopic (exact) mass is 419 g/mol. The summed E-state index contributed by atoms with van der Waals surface area (Å²) in [7, 11) is 0. The van der Waals surface area contributed by atoms with Gasteiger partial charge in [-0.3, -0.25) is 4.79 Å². The van der Waals surface area contributed by atoms with Crippen LogP contribution >= 0.6 is 23.2 Å². The second kappa shape index (κ2) is 7.07. The van der Waals surface area contributed by atoms with Gasteiger partial charge in [0.05, 0.1) is 17.9 Å². The van der Waals surface area contributed by atoms with Crippen LogP contribution in [-0.4, -0.2) is 15.7 Å². The highest BCUT2D eigenvalue weighted by Crippen LogP contribution is 2.39. The predicted molar refractivity (Wildman–Crippen MR) is 116 cm³/mol. The Balaban J connectivity index is 1.71. The molecular weight excluding hydrogens is 405 g/mol. The van der Waals surface area contributed by atoms with Crippen LogP contribution in [0.25, 0.3) is 16.9 Å². The number of benzene rings is 3. The van der Waals surface area contributed by atoms with Crippen molar-refractivity contribution < 1.29 is 4.79 Å². The first-order valence-electron chi connectivity index (χ1n) is 9.13. The number of rotatable bonds is 3. The average molecular weight is 420 g/mol. The van der Waals surface area contributed by atoms with E-state index in [9.17, 15) is 4.79 Å². The van der Waals surface area contributed by atoms with Crippen molar-refractivity contribution in [3.63, 3.8) is 0 Å². The molecule has 4 nitrogen and oxygen atoms in total. The van der Waals surface area contributed by atoms with Gasteiger partial charge in [0.25, 0.3) is 5.91 Å². The van der Waals surface area contributed by atoms with Crippen LogP contribution in [0.15, 0.2) is 78.9 Å². The number of fused-ring (bicyclic) bond motifs is 1. The molecule has 0 atom stereocenters. The van der Waals surface area contributed by atoms with Gasteiger partial charge in [0.15, 0.2) is 5.69 Å². The minimum atomic E-state index is -0.118. The largest absolute Gasteiger partial charge is 0.302 e. The van der Waals surface area contributed by atoms with Crippen molar-refractivity contribution in [2.24, 2.45) is 0 Å². The number of amides is 1. The summed E-state index contributed by atoms with van der Waals surface area (Å²) >= 11 is 12.6. The van der Waals surface area contributed by atoms with Crippen molar-refractivity contribution in [2.75, 3.05) is 4.90 Å². The number of hydrogen-bond donors (Lipinski definition) is 0. The van der Waals surface area contributed by atoms with E-state index in [1.54, 1.807) is 21.7 Å². The summed E-state index contributed by atoms with van der Waals surface area (Å²) < 4.78 is 1.78. The van der Waals surface area contributed by atoms with Crippen LogP contribution in [0, 0.1) is 0 Å². The van der Waals surface area contributed by atoms with Crippen LogP contribution in [0.2, 0.25) is 10.0 Å². The lowest BCUT2D eigenvalue weighted by molar-refractivity contribution is 0.0991. The topological polar surface area (TPSA) is 38.1 Å². The lowest BCUT2D eigenvalue weighted by Gasteiger charge is -2.17. The third kappa shape index (κ3) is 3.01. The zero-order chi connectivity index (χ0) is 20.0. The van der Waals surface area contributed by atoms with Crippen LogP contribution < -0.4 is 4.90 Å². The van der Waals surface area contributed by atoms with E-state index in [0.717, 1.165) is 28.2 Å². The molecule has 0 saturated heterocycles. The summed E-state index contributed by atoms with van der Waals surface area (Å²) in [6.07, 6.45) is 0. The summed E-state index contributed by atoms with van der Waals surface area (Å²) in [4.78, 5) is 14.9. The van der Waals surface area contributed by atoms with Gasteiger partial charge in [0.2, 0.25) is 0 Å². The molecule has 0 N–H and O–H groups in total. The van der Waals surface area contributed by atoms with Crippen LogP contribution in [0.1, 0.15) is 16.1 Å². The maximum atomic E-state index is 13.2. The molecule has 6 heteroatoms. The van der Waals surface area contributed by atoms with Crippen molar-refractivity contribution in [2.45, 2.75) is 6.54 Å². The van der Waals surface area contributed by atoms with E-state index in [1.807, 2.05) is 66.7 Å². The minimum absolute atomic E-state index is 0.118. The van der Waals surface area contributed by atoms with E-state index < -0.39 is 0 Å². The van der Waals surface area contributed by atoms with Crippen molar-refractivity contribution in [3.8, 4) is 16.9 Å². The molecule has 0 radical (unpaired) electrons. The molecule has 0 aliphatic carbocycles. The van der Waals surface area contributed by atoms with E-state index in [4.69, 9.17) is 23.2 Å². The number of nitrogens with zero attached hydrogens (tertiary/aromatic N) is 3. The summed E-state index contributed by atoms with van der Waals surface area (Å²) in [6.45, 7) is 0.437. The van der Waals surface area contributed by atoms with Crippen molar-refractivity contribution in [3.05, 3.63) is 100 Å². The number of aromatic nitrogens is 2. The zero-order valence-corrected chi connectivity index (χ0v) is 16.7. The molecule has 1 amide bonds. The molecule has 0 fully saturated rings. The molecule has 0 spiro atoms. The van der Waals surface area contributed by atoms with Crippen molar-refractivity contribution >= 4 is 34.8 Å². The lowest BCUT2D eigenvalue weighted by atomic mass is 10.1. The molecule has 1 aromatic heterocycles. The van der Waals surface area contributed by atoms with Crippen LogP contribution in [0.5, 0.6) is 0 Å². The number of carbonyl (C=O) groups is 1. The van der Waals surface area contributed by atoms with Crippen LogP contribution in [0.3, 0.4) is 0 Å². The Hall–Kier alpha value is -3.08. The molecule has 4 aromatic rings. The third-order valence-electron chi connectivity index (χ3n) is 5.02. The fraction of sp³-hybridized carbons (Fsp3) is 0.0435. The smallest absolute Gasteiger partial charge is 0.279 e. The molecule has 0 bridgehead atoms. The van der Waals surface area contributed by atoms with Gasteiger partial charge in [0, 0.05) is 26.9 Å². The molecule has 1 aliphatic rings. The Kier molecular flexibility index (Phi) is 4.38. The van der Waals surface area contributed by atoms with Gasteiger partial charge in [0.1, 0.15) is 0 Å². The Morgan fingerprint density at radius 3 is 2.21 bits per heavy atom. The maximum Gasteiger partial charge on any atom is 0.279 e. The quantitative estimate of drug-likeness (QED) is 0.407. The zero-order valence-electron chi connectivity index (χ0n) is 15.2. The Labute approximate surface area is 177 Å². The molecule has 5 rings (SSSR count). The molecule has 29 heavy (non-hydrogen) atoms. The number of para-hydroxylation sites is 1. The van der Waals surface area contributed by atoms with E-state index >= 15 is 0 Å². The molecule has 3 aromatic carbocycles. The van der Waals surface area contributed by atoms with Gasteiger partial charge in [-0.25, -0.2) is 4.68 Å². The molecule has 1 aliphatic heterocycles. The Morgan fingerprint density at radius 2 is 1.48 bits per heavy atom. The van der Waals surface area contributed by atoms with E-state index in [1.165, 1.54) is 0 Å². The first-order valence-corrected chi connectivity index (χ1v) is 9.89. The highest BCUT2D eigenvalue weighted by Gasteiger charge is 2.36. The molecular formula is C23H15Cl2N3O. The highest BCUT2D eigenvalue weighted by atomic mass is 35.5. The summed E-state index contributed by atoms with van der Waals surface area (Å²) in [5.41, 5.74) is 4.62. The van der Waals surface area contributed by atoms with Gasteiger partial charge in [-0.1, -0.05) is 59.6 Å². The SMILES string of the molecule is O=C1c2nn(-c3ccc(Cl)cc3)c(-c3ccccc3Cl)c2CN1c1ccccc1. The number of carbonyl (C=O) groups excluding carboxylic acids is 1. The molecule has 0 unspecified atom stereocenters. The van der Waals surface area contributed by atoms with Crippen LogP contribution in [-0.2, 0) is 6.54 Å². The van der Waals surface area contributed by atoms with E-state index in [-0.39, 0.29) is 5.91 Å². The van der Waals surface area contributed by atoms with Crippen molar-refractivity contribution in [1.82, 2.24) is 9.78 Å². The van der Waals surface area contributed by atoms with Gasteiger partial charge in [-0.15, -0.1) is 0 Å². The fourth-order valence-corrected chi connectivity index (χ4v) is 4.00. The minimum Gasteiger partial charge on any atom is -0.302 e. The molecule has 0 saturated carbocycles. The van der Waals surface area contributed by atoms with Gasteiger partial charge in [-0.2, -0.15) is 5.10 Å². The second-order valence-corrected chi connectivity index (χ2v) is 7.61. The maximum absolute atomic E-state index is 13.2. The highest BCUT2D eigenvalue weighted by molar-refractivity contribution is 6.33. The summed E-state index contributed by atoms with van der Waals surface area (Å²) in [6, 6.07) is 24.6. The molecule has 142 valence electrons. The second-order valence-electron chi connectivity index (χ2n) is 6.77. The number of anilines is 1. The first kappa shape index (κ1) is 18.0. The first-order chi connectivity index (χ1) is 14.1. The van der Waals surface area contributed by atoms with Crippen molar-refractivity contribution in [1.29, 1.82) is 0 Å². The molecule has 2 heterocycles. The third-order valence-corrected chi connectivity index (χ3v) is 5.60. The average Bonchev–Trinajstić information content (AvgIpc) is 3.27. The lowest BCUT2D eigenvalue weighted by Crippen LogP contribution is -2.24. The fourth-order valence-electron chi connectivity index (χ4n) is 3.65. The van der Waals surface area contributed by atoms with Gasteiger partial charge in [-0.05, 0) is 42.5 Å². The number of hydrogen-bond acceptors (Lipinski definition) is 2. The van der Waals surface area contributed by atoms with Gasteiger partial charge >= 0.3 is 0 Å². The Morgan fingerprint density at radius 1 is 0.793 bits per heavy atom. The number of halogens is 2. The normalized spacial score (nSPS) is 13.0. The van der Waals surface area contributed by atoms with E-state index in [2.05, 4.69) is 5.10 Å². The van der Waals surface area contributed by atoms with Gasteiger partial charge < -0.3 is 4.90 Å². The Bertz CT molecular complexity index is 1220.